The molecule has 9 heteroatoms. The van der Waals surface area contributed by atoms with E-state index in [2.05, 4.69) is 15.5 Å². The Bertz CT molecular complexity index is 556. The van der Waals surface area contributed by atoms with Gasteiger partial charge in [-0.2, -0.15) is 4.98 Å². The number of alkyl carbamates (subject to hydrolysis) is 1. The molecule has 1 saturated heterocycles. The number of aromatic nitrogens is 2. The monoisotopic (exact) mass is 332 g/mol. The summed E-state index contributed by atoms with van der Waals surface area (Å²) in [5.41, 5.74) is -0.622. The van der Waals surface area contributed by atoms with Gasteiger partial charge in [0.1, 0.15) is 11.6 Å². The molecule has 0 aliphatic carbocycles. The number of hydrogen-bond acceptors (Lipinski definition) is 6. The largest absolute Gasteiger partial charge is 0.444 e. The SMILES string of the molecule is C[C@H](NC(=O)OC(C)(C)C)c1nc(N2CCCC(F)(F)C2)no1. The van der Waals surface area contributed by atoms with Gasteiger partial charge in [-0.1, -0.05) is 0 Å². The van der Waals surface area contributed by atoms with Gasteiger partial charge >= 0.3 is 6.09 Å². The van der Waals surface area contributed by atoms with Crippen molar-refractivity contribution >= 4 is 12.0 Å². The number of alkyl halides is 2. The number of piperidine rings is 1. The first-order chi connectivity index (χ1) is 10.6. The van der Waals surface area contributed by atoms with Crippen LogP contribution < -0.4 is 10.2 Å². The zero-order valence-electron chi connectivity index (χ0n) is 13.7. The van der Waals surface area contributed by atoms with E-state index in [1.54, 1.807) is 27.7 Å². The van der Waals surface area contributed by atoms with Crippen LogP contribution in [0.15, 0.2) is 4.52 Å². The first-order valence-corrected chi connectivity index (χ1v) is 7.52. The first kappa shape index (κ1) is 17.4. The zero-order chi connectivity index (χ0) is 17.3. The molecular weight excluding hydrogens is 310 g/mol. The number of ether oxygens (including phenoxy) is 1. The molecule has 1 amide bonds. The predicted molar refractivity (Wildman–Crippen MR) is 78.5 cm³/mol. The predicted octanol–water partition coefficient (Wildman–Crippen LogP) is 2.89. The number of nitrogens with zero attached hydrogens (tertiary/aromatic N) is 3. The van der Waals surface area contributed by atoms with E-state index >= 15 is 0 Å². The number of anilines is 1. The maximum atomic E-state index is 13.4. The van der Waals surface area contributed by atoms with Gasteiger partial charge < -0.3 is 19.5 Å². The summed E-state index contributed by atoms with van der Waals surface area (Å²) in [6, 6.07) is -0.587. The zero-order valence-corrected chi connectivity index (χ0v) is 13.7. The summed E-state index contributed by atoms with van der Waals surface area (Å²) in [4.78, 5) is 17.2. The molecule has 1 aliphatic rings. The van der Waals surface area contributed by atoms with Gasteiger partial charge in [0.05, 0.1) is 6.54 Å². The van der Waals surface area contributed by atoms with E-state index in [0.717, 1.165) is 0 Å². The summed E-state index contributed by atoms with van der Waals surface area (Å²) in [6.07, 6.45) is -0.387. The molecule has 2 heterocycles. The summed E-state index contributed by atoms with van der Waals surface area (Å²) in [5, 5.41) is 6.28. The molecule has 1 aromatic heterocycles. The maximum absolute atomic E-state index is 13.4. The Morgan fingerprint density at radius 3 is 2.78 bits per heavy atom. The lowest BCUT2D eigenvalue weighted by Crippen LogP contribution is -2.43. The second-order valence-corrected chi connectivity index (χ2v) is 6.68. The lowest BCUT2D eigenvalue weighted by molar-refractivity contribution is -0.0121. The Kier molecular flexibility index (Phi) is 4.76. The lowest BCUT2D eigenvalue weighted by Gasteiger charge is -2.31. The maximum Gasteiger partial charge on any atom is 0.408 e. The molecule has 1 atom stereocenters. The van der Waals surface area contributed by atoms with Crippen LogP contribution in [0.25, 0.3) is 0 Å². The van der Waals surface area contributed by atoms with Gasteiger partial charge in [0.2, 0.25) is 0 Å². The van der Waals surface area contributed by atoms with Crippen molar-refractivity contribution in [2.24, 2.45) is 0 Å². The normalized spacial score (nSPS) is 19.3. The average molecular weight is 332 g/mol. The first-order valence-electron chi connectivity index (χ1n) is 7.52. The highest BCUT2D eigenvalue weighted by molar-refractivity contribution is 5.68. The minimum Gasteiger partial charge on any atom is -0.444 e. The van der Waals surface area contributed by atoms with Gasteiger partial charge in [0.25, 0.3) is 17.8 Å². The molecular formula is C14H22F2N4O3. The molecule has 1 fully saturated rings. The molecule has 1 N–H and O–H groups in total. The molecule has 0 unspecified atom stereocenters. The third-order valence-electron chi connectivity index (χ3n) is 3.21. The summed E-state index contributed by atoms with van der Waals surface area (Å²) < 4.78 is 37.1. The molecule has 23 heavy (non-hydrogen) atoms. The number of rotatable bonds is 3. The topological polar surface area (TPSA) is 80.5 Å². The van der Waals surface area contributed by atoms with Crippen LogP contribution in [0.3, 0.4) is 0 Å². The van der Waals surface area contributed by atoms with Crippen LogP contribution in [0.2, 0.25) is 0 Å². The highest BCUT2D eigenvalue weighted by atomic mass is 19.3. The standard InChI is InChI=1S/C14H22F2N4O3/c1-9(17-12(21)22-13(2,3)4)10-18-11(19-23-10)20-7-5-6-14(15,16)8-20/h9H,5-8H2,1-4H3,(H,17,21)/t9-/m0/s1. The smallest absolute Gasteiger partial charge is 0.408 e. The van der Waals surface area contributed by atoms with Crippen LogP contribution in [0.5, 0.6) is 0 Å². The third-order valence-corrected chi connectivity index (χ3v) is 3.21. The van der Waals surface area contributed by atoms with Crippen molar-refractivity contribution in [2.75, 3.05) is 18.0 Å². The van der Waals surface area contributed by atoms with Crippen molar-refractivity contribution in [3.05, 3.63) is 5.89 Å². The molecule has 0 spiro atoms. The van der Waals surface area contributed by atoms with E-state index in [-0.39, 0.29) is 18.3 Å². The van der Waals surface area contributed by atoms with Gasteiger partial charge in [0.15, 0.2) is 0 Å². The Labute approximate surface area is 133 Å². The molecule has 0 aromatic carbocycles. The molecule has 130 valence electrons. The molecule has 1 aliphatic heterocycles. The minimum absolute atomic E-state index is 0.109. The lowest BCUT2D eigenvalue weighted by atomic mass is 10.1. The Morgan fingerprint density at radius 1 is 1.48 bits per heavy atom. The number of nitrogens with one attached hydrogen (secondary N) is 1. The summed E-state index contributed by atoms with van der Waals surface area (Å²) >= 11 is 0. The highest BCUT2D eigenvalue weighted by Crippen LogP contribution is 2.29. The number of carbonyl (C=O) groups excluding carboxylic acids is 1. The van der Waals surface area contributed by atoms with E-state index in [1.165, 1.54) is 4.90 Å². The molecule has 0 saturated carbocycles. The van der Waals surface area contributed by atoms with E-state index in [4.69, 9.17) is 9.26 Å². The van der Waals surface area contributed by atoms with Crippen molar-refractivity contribution in [2.45, 2.75) is 58.1 Å². The van der Waals surface area contributed by atoms with Crippen LogP contribution in [0, 0.1) is 0 Å². The van der Waals surface area contributed by atoms with Crippen molar-refractivity contribution in [1.82, 2.24) is 15.5 Å². The average Bonchev–Trinajstić information content (AvgIpc) is 2.84. The summed E-state index contributed by atoms with van der Waals surface area (Å²) in [5.74, 6) is -2.50. The summed E-state index contributed by atoms with van der Waals surface area (Å²) in [6.45, 7) is 6.91. The second kappa shape index (κ2) is 6.29. The van der Waals surface area contributed by atoms with Gasteiger partial charge in [-0.25, -0.2) is 13.6 Å². The van der Waals surface area contributed by atoms with E-state index in [9.17, 15) is 13.6 Å². The Hall–Kier alpha value is -1.93. The van der Waals surface area contributed by atoms with Crippen molar-refractivity contribution in [1.29, 1.82) is 0 Å². The van der Waals surface area contributed by atoms with Crippen LogP contribution in [-0.2, 0) is 4.74 Å². The van der Waals surface area contributed by atoms with E-state index in [1.807, 2.05) is 0 Å². The van der Waals surface area contributed by atoms with Crippen molar-refractivity contribution < 1.29 is 22.8 Å². The van der Waals surface area contributed by atoms with Gasteiger partial charge in [0, 0.05) is 13.0 Å². The van der Waals surface area contributed by atoms with Crippen molar-refractivity contribution in [3.8, 4) is 0 Å². The quantitative estimate of drug-likeness (QED) is 0.917. The van der Waals surface area contributed by atoms with Crippen LogP contribution in [-0.4, -0.2) is 40.8 Å². The molecule has 0 bridgehead atoms. The number of carbonyl (C=O) groups is 1. The number of halogens is 2. The van der Waals surface area contributed by atoms with Crippen LogP contribution in [0.1, 0.15) is 52.5 Å². The fourth-order valence-electron chi connectivity index (χ4n) is 2.21. The van der Waals surface area contributed by atoms with Gasteiger partial charge in [-0.15, -0.1) is 0 Å². The highest BCUT2D eigenvalue weighted by Gasteiger charge is 2.37. The second-order valence-electron chi connectivity index (χ2n) is 6.68. The molecule has 1 aromatic rings. The van der Waals surface area contributed by atoms with Gasteiger partial charge in [-0.05, 0) is 39.3 Å². The van der Waals surface area contributed by atoms with E-state index in [0.29, 0.717) is 13.0 Å². The van der Waals surface area contributed by atoms with Crippen molar-refractivity contribution in [3.63, 3.8) is 0 Å². The molecule has 7 nitrogen and oxygen atoms in total. The molecule has 0 radical (unpaired) electrons. The van der Waals surface area contributed by atoms with Gasteiger partial charge in [-0.3, -0.25) is 0 Å². The Morgan fingerprint density at radius 2 is 2.17 bits per heavy atom. The fraction of sp³-hybridized carbons (Fsp3) is 0.786. The fourth-order valence-corrected chi connectivity index (χ4v) is 2.21. The van der Waals surface area contributed by atoms with Crippen LogP contribution in [0.4, 0.5) is 19.5 Å². The summed E-state index contributed by atoms with van der Waals surface area (Å²) in [7, 11) is 0. The Balaban J connectivity index is 1.97. The number of hydrogen-bond donors (Lipinski definition) is 1. The van der Waals surface area contributed by atoms with E-state index < -0.39 is 30.2 Å². The third kappa shape index (κ3) is 5.04. The van der Waals surface area contributed by atoms with Crippen LogP contribution >= 0.6 is 0 Å². The minimum atomic E-state index is -2.75. The molecule has 2 rings (SSSR count). The number of amides is 1.